The van der Waals surface area contributed by atoms with Gasteiger partial charge in [-0.2, -0.15) is 0 Å². The molecule has 10 aromatic carbocycles. The number of benzene rings is 10. The zero-order chi connectivity index (χ0) is 49.8. The number of hydrogen-bond donors (Lipinski definition) is 0. The molecule has 14 aromatic rings. The first-order valence-electron chi connectivity index (χ1n) is 25.1. The van der Waals surface area contributed by atoms with E-state index in [0.717, 1.165) is 83.5 Å². The van der Waals surface area contributed by atoms with E-state index in [1.54, 1.807) is 0 Å². The largest absolute Gasteiger partial charge is 0.309 e. The highest BCUT2D eigenvalue weighted by molar-refractivity contribution is 6.13. The number of para-hydroxylation sites is 2. The number of nitrogens with zero attached hydrogens (tertiary/aromatic N) is 8. The van der Waals surface area contributed by atoms with Crippen molar-refractivity contribution in [3.63, 3.8) is 0 Å². The summed E-state index contributed by atoms with van der Waals surface area (Å²) in [5, 5.41) is 4.70. The Morgan fingerprint density at radius 1 is 0.227 bits per heavy atom. The maximum Gasteiger partial charge on any atom is 0.164 e. The Balaban J connectivity index is 0.855. The van der Waals surface area contributed by atoms with Gasteiger partial charge in [0.05, 0.1) is 22.1 Å². The van der Waals surface area contributed by atoms with Gasteiger partial charge < -0.3 is 9.13 Å². The van der Waals surface area contributed by atoms with Crippen LogP contribution in [0.15, 0.2) is 249 Å². The maximum atomic E-state index is 5.09. The van der Waals surface area contributed by atoms with E-state index >= 15 is 0 Å². The first-order valence-corrected chi connectivity index (χ1v) is 25.1. The van der Waals surface area contributed by atoms with Gasteiger partial charge in [0.2, 0.25) is 0 Å². The monoisotopic (exact) mass is 960 g/mol. The van der Waals surface area contributed by atoms with E-state index in [9.17, 15) is 0 Å². The summed E-state index contributed by atoms with van der Waals surface area (Å²) in [7, 11) is 0. The summed E-state index contributed by atoms with van der Waals surface area (Å²) in [5.41, 5.74) is 15.5. The molecule has 0 N–H and O–H groups in total. The van der Waals surface area contributed by atoms with Crippen LogP contribution in [0, 0.1) is 6.92 Å². The minimum absolute atomic E-state index is 0.615. The Morgan fingerprint density at radius 2 is 0.547 bits per heavy atom. The minimum Gasteiger partial charge on any atom is -0.309 e. The molecule has 0 aliphatic carbocycles. The fraction of sp³-hybridized carbons (Fsp3) is 0.0149. The van der Waals surface area contributed by atoms with Gasteiger partial charge in [-0.25, -0.2) is 29.9 Å². The quantitative estimate of drug-likeness (QED) is 0.143. The lowest BCUT2D eigenvalue weighted by molar-refractivity contribution is 1.07. The van der Waals surface area contributed by atoms with Crippen LogP contribution in [-0.4, -0.2) is 39.0 Å². The molecule has 0 unspecified atom stereocenters. The van der Waals surface area contributed by atoms with Crippen molar-refractivity contribution in [1.82, 2.24) is 39.0 Å². The first kappa shape index (κ1) is 43.6. The molecule has 0 saturated heterocycles. The SMILES string of the molecule is Cc1cccc(-c2nc(-c3ccccc3)nc(-c3cccc(-n4c5ccccc5c5cc(-c6ccc7c(c6)c6ccccc6n7-c6cccc(-c7nc(-c8ccccc8)nc(-c8ccccc8)n7)c6)ccc54)c3)n2)c1. The highest BCUT2D eigenvalue weighted by atomic mass is 15.1. The van der Waals surface area contributed by atoms with Gasteiger partial charge >= 0.3 is 0 Å². The van der Waals surface area contributed by atoms with E-state index in [1.807, 2.05) is 97.1 Å². The zero-order valence-electron chi connectivity index (χ0n) is 40.7. The number of fused-ring (bicyclic) bond motifs is 6. The molecule has 8 nitrogen and oxygen atoms in total. The standard InChI is InChI=1S/C67H44N8/c1-43-18-15-25-49(38-43)65-69-64(46-23-9-4-10-24-46)72-67(73-65)51-27-17-29-53(40-51)75-59-33-14-12-31-55(59)57-42-48(35-37-61(57)75)47-34-36-60-56(41-47)54-30-11-13-32-58(54)74(60)52-28-16-26-50(39-52)66-70-62(44-19-5-2-6-20-44)68-63(71-66)45-21-7-3-8-22-45/h2-42H,1H3. The van der Waals surface area contributed by atoms with Crippen LogP contribution >= 0.6 is 0 Å². The summed E-state index contributed by atoms with van der Waals surface area (Å²) in [6, 6.07) is 86.7. The molecule has 0 amide bonds. The molecule has 0 aliphatic heterocycles. The van der Waals surface area contributed by atoms with E-state index in [1.165, 1.54) is 21.5 Å². The van der Waals surface area contributed by atoms with Crippen molar-refractivity contribution in [2.24, 2.45) is 0 Å². The van der Waals surface area contributed by atoms with Crippen LogP contribution < -0.4 is 0 Å². The fourth-order valence-electron chi connectivity index (χ4n) is 10.5. The van der Waals surface area contributed by atoms with Crippen LogP contribution in [0.4, 0.5) is 0 Å². The molecule has 0 spiro atoms. The van der Waals surface area contributed by atoms with Crippen LogP contribution in [0.25, 0.3) is 134 Å². The van der Waals surface area contributed by atoms with Gasteiger partial charge in [-0.3, -0.25) is 0 Å². The van der Waals surface area contributed by atoms with Gasteiger partial charge in [-0.05, 0) is 84.8 Å². The summed E-state index contributed by atoms with van der Waals surface area (Å²) < 4.78 is 4.70. The molecule has 8 heteroatoms. The van der Waals surface area contributed by atoms with E-state index in [2.05, 4.69) is 168 Å². The summed E-state index contributed by atoms with van der Waals surface area (Å²) >= 11 is 0. The van der Waals surface area contributed by atoms with Crippen molar-refractivity contribution in [2.45, 2.75) is 6.92 Å². The van der Waals surface area contributed by atoms with Crippen molar-refractivity contribution in [1.29, 1.82) is 0 Å². The molecule has 4 aromatic heterocycles. The van der Waals surface area contributed by atoms with Crippen LogP contribution in [0.2, 0.25) is 0 Å². The normalized spacial score (nSPS) is 11.5. The van der Waals surface area contributed by atoms with Gasteiger partial charge in [-0.15, -0.1) is 0 Å². The Hall–Kier alpha value is -10.2. The number of hydrogen-bond acceptors (Lipinski definition) is 6. The van der Waals surface area contributed by atoms with Crippen LogP contribution in [0.5, 0.6) is 0 Å². The topological polar surface area (TPSA) is 87.2 Å². The van der Waals surface area contributed by atoms with E-state index in [4.69, 9.17) is 29.9 Å². The lowest BCUT2D eigenvalue weighted by Gasteiger charge is -2.12. The first-order chi connectivity index (χ1) is 37.1. The van der Waals surface area contributed by atoms with E-state index in [-0.39, 0.29) is 0 Å². The fourth-order valence-corrected chi connectivity index (χ4v) is 10.5. The minimum atomic E-state index is 0.615. The summed E-state index contributed by atoms with van der Waals surface area (Å²) in [4.78, 5) is 30.2. The number of rotatable bonds is 9. The number of aromatic nitrogens is 8. The molecule has 0 fully saturated rings. The predicted molar refractivity (Wildman–Crippen MR) is 305 cm³/mol. The zero-order valence-corrected chi connectivity index (χ0v) is 40.7. The molecule has 0 saturated carbocycles. The summed E-state index contributed by atoms with van der Waals surface area (Å²) in [6.45, 7) is 2.09. The third kappa shape index (κ3) is 7.89. The van der Waals surface area contributed by atoms with Crippen molar-refractivity contribution in [2.75, 3.05) is 0 Å². The average molecular weight is 961 g/mol. The lowest BCUT2D eigenvalue weighted by atomic mass is 10.0. The lowest BCUT2D eigenvalue weighted by Crippen LogP contribution is -2.01. The van der Waals surface area contributed by atoms with Crippen LogP contribution in [0.3, 0.4) is 0 Å². The average Bonchev–Trinajstić information content (AvgIpc) is 4.03. The second-order valence-electron chi connectivity index (χ2n) is 18.8. The molecular weight excluding hydrogens is 917 g/mol. The Morgan fingerprint density at radius 3 is 0.947 bits per heavy atom. The highest BCUT2D eigenvalue weighted by Gasteiger charge is 2.20. The third-order valence-electron chi connectivity index (χ3n) is 14.0. The molecule has 0 radical (unpaired) electrons. The molecule has 0 atom stereocenters. The van der Waals surface area contributed by atoms with Crippen molar-refractivity contribution >= 4 is 43.6 Å². The smallest absolute Gasteiger partial charge is 0.164 e. The second-order valence-corrected chi connectivity index (χ2v) is 18.8. The van der Waals surface area contributed by atoms with Gasteiger partial charge in [0.1, 0.15) is 0 Å². The second kappa shape index (κ2) is 18.1. The van der Waals surface area contributed by atoms with E-state index in [0.29, 0.717) is 34.9 Å². The predicted octanol–water partition coefficient (Wildman–Crippen LogP) is 16.2. The Kier molecular flexibility index (Phi) is 10.5. The molecular formula is C67H44N8. The Labute approximate surface area is 432 Å². The van der Waals surface area contributed by atoms with Crippen LogP contribution in [0.1, 0.15) is 5.56 Å². The van der Waals surface area contributed by atoms with Crippen molar-refractivity contribution < 1.29 is 0 Å². The molecule has 14 rings (SSSR count). The van der Waals surface area contributed by atoms with Crippen molar-refractivity contribution in [3.8, 4) is 90.8 Å². The highest BCUT2D eigenvalue weighted by Crippen LogP contribution is 2.39. The molecule has 352 valence electrons. The number of aryl methyl sites for hydroxylation is 1. The molecule has 0 aliphatic rings. The van der Waals surface area contributed by atoms with Gasteiger partial charge in [0, 0.05) is 66.3 Å². The van der Waals surface area contributed by atoms with Gasteiger partial charge in [-0.1, -0.05) is 188 Å². The van der Waals surface area contributed by atoms with Crippen molar-refractivity contribution in [3.05, 3.63) is 254 Å². The molecule has 0 bridgehead atoms. The molecule has 4 heterocycles. The molecule has 75 heavy (non-hydrogen) atoms. The summed E-state index contributed by atoms with van der Waals surface area (Å²) in [6.07, 6.45) is 0. The van der Waals surface area contributed by atoms with Gasteiger partial charge in [0.25, 0.3) is 0 Å². The summed E-state index contributed by atoms with van der Waals surface area (Å²) in [5.74, 6) is 3.77. The maximum absolute atomic E-state index is 5.09. The van der Waals surface area contributed by atoms with E-state index < -0.39 is 0 Å². The van der Waals surface area contributed by atoms with Crippen LogP contribution in [-0.2, 0) is 0 Å². The third-order valence-corrected chi connectivity index (χ3v) is 14.0. The Bertz CT molecular complexity index is 4430. The van der Waals surface area contributed by atoms with Gasteiger partial charge in [0.15, 0.2) is 34.9 Å².